The largest absolute Gasteiger partial charge is 0.491 e. The van der Waals surface area contributed by atoms with E-state index in [0.717, 1.165) is 22.1 Å². The second-order valence-electron chi connectivity index (χ2n) is 10.5. The number of hydrogen-bond acceptors (Lipinski definition) is 5. The molecule has 1 N–H and O–H groups in total. The summed E-state index contributed by atoms with van der Waals surface area (Å²) in [6, 6.07) is 13.0. The molecule has 0 saturated carbocycles. The quantitative estimate of drug-likeness (QED) is 0.215. The van der Waals surface area contributed by atoms with Crippen LogP contribution in [0.4, 0.5) is 0 Å². The van der Waals surface area contributed by atoms with Gasteiger partial charge in [-0.05, 0) is 61.8 Å². The first kappa shape index (κ1) is 24.9. The van der Waals surface area contributed by atoms with Crippen molar-refractivity contribution in [2.45, 2.75) is 52.8 Å². The lowest BCUT2D eigenvalue weighted by atomic mass is 10.0. The van der Waals surface area contributed by atoms with Gasteiger partial charge in [0.2, 0.25) is 0 Å². The first-order chi connectivity index (χ1) is 16.4. The number of pyridine rings is 1. The molecule has 184 valence electrons. The molecule has 4 rings (SSSR count). The highest BCUT2D eigenvalue weighted by Crippen LogP contribution is 2.37. The Hall–Kier alpha value is -3.16. The molecule has 7 heteroatoms. The van der Waals surface area contributed by atoms with Crippen LogP contribution in [0.5, 0.6) is 5.75 Å². The molecular formula is C28H33NO5Si. The number of aromatic nitrogens is 1. The second kappa shape index (κ2) is 9.13. The minimum atomic E-state index is -1.85. The molecule has 0 spiro atoms. The van der Waals surface area contributed by atoms with Crippen LogP contribution in [0.3, 0.4) is 0 Å². The van der Waals surface area contributed by atoms with Crippen LogP contribution in [-0.4, -0.2) is 37.6 Å². The Bertz CT molecular complexity index is 1410. The molecule has 0 aliphatic carbocycles. The molecule has 0 amide bonds. The van der Waals surface area contributed by atoms with Crippen molar-refractivity contribution in [1.29, 1.82) is 0 Å². The van der Waals surface area contributed by atoms with Crippen LogP contribution in [0.25, 0.3) is 33.3 Å². The van der Waals surface area contributed by atoms with Crippen LogP contribution in [-0.2, 0) is 4.43 Å². The average Bonchev–Trinajstić information content (AvgIpc) is 3.12. The van der Waals surface area contributed by atoms with Gasteiger partial charge in [-0.25, -0.2) is 9.78 Å². The first-order valence-electron chi connectivity index (χ1n) is 11.8. The lowest BCUT2D eigenvalue weighted by Gasteiger charge is -2.36. The number of fused-ring (bicyclic) bond motifs is 2. The van der Waals surface area contributed by atoms with Crippen molar-refractivity contribution in [2.24, 2.45) is 0 Å². The summed E-state index contributed by atoms with van der Waals surface area (Å²) in [5.74, 6) is 0.161. The summed E-state index contributed by atoms with van der Waals surface area (Å²) in [7, 11) is -1.85. The predicted molar refractivity (Wildman–Crippen MR) is 142 cm³/mol. The zero-order valence-corrected chi connectivity index (χ0v) is 22.5. The number of carbonyl (C=O) groups is 1. The fourth-order valence-electron chi connectivity index (χ4n) is 3.94. The van der Waals surface area contributed by atoms with Crippen molar-refractivity contribution < 1.29 is 23.5 Å². The van der Waals surface area contributed by atoms with Crippen molar-refractivity contribution in [3.8, 4) is 17.2 Å². The molecule has 0 aliphatic heterocycles. The van der Waals surface area contributed by atoms with Gasteiger partial charge in [-0.15, -0.1) is 0 Å². The van der Waals surface area contributed by atoms with Gasteiger partial charge in [-0.1, -0.05) is 39.0 Å². The predicted octanol–water partition coefficient (Wildman–Crippen LogP) is 7.36. The minimum absolute atomic E-state index is 0.129. The molecule has 35 heavy (non-hydrogen) atoms. The molecule has 0 saturated heterocycles. The fraction of sp³-hybridized carbons (Fsp3) is 0.357. The van der Waals surface area contributed by atoms with Crippen LogP contribution in [0.2, 0.25) is 18.1 Å². The number of benzene rings is 2. The van der Waals surface area contributed by atoms with Crippen LogP contribution in [0.1, 0.15) is 42.3 Å². The third kappa shape index (κ3) is 4.83. The summed E-state index contributed by atoms with van der Waals surface area (Å²) in [5, 5.41) is 11.7. The van der Waals surface area contributed by atoms with Crippen LogP contribution < -0.4 is 4.74 Å². The number of nitrogens with zero attached hydrogens (tertiary/aromatic N) is 1. The number of para-hydroxylation sites is 1. The third-order valence-electron chi connectivity index (χ3n) is 7.01. The molecule has 6 nitrogen and oxygen atoms in total. The first-order valence-corrected chi connectivity index (χ1v) is 14.7. The third-order valence-corrected chi connectivity index (χ3v) is 11.5. The van der Waals surface area contributed by atoms with Crippen LogP contribution >= 0.6 is 0 Å². The van der Waals surface area contributed by atoms with E-state index in [2.05, 4.69) is 33.9 Å². The molecule has 0 bridgehead atoms. The van der Waals surface area contributed by atoms with Gasteiger partial charge < -0.3 is 18.7 Å². The van der Waals surface area contributed by atoms with Gasteiger partial charge in [0.15, 0.2) is 14.1 Å². The Kier molecular flexibility index (Phi) is 6.51. The molecular weight excluding hydrogens is 458 g/mol. The van der Waals surface area contributed by atoms with E-state index in [1.54, 1.807) is 12.1 Å². The molecule has 0 fully saturated rings. The Morgan fingerprint density at radius 3 is 2.43 bits per heavy atom. The van der Waals surface area contributed by atoms with Crippen molar-refractivity contribution >= 4 is 36.2 Å². The normalized spacial score (nSPS) is 12.4. The van der Waals surface area contributed by atoms with Gasteiger partial charge in [-0.3, -0.25) is 0 Å². The maximum absolute atomic E-state index is 12.2. The van der Waals surface area contributed by atoms with E-state index >= 15 is 0 Å². The molecule has 0 aliphatic rings. The monoisotopic (exact) mass is 491 g/mol. The molecule has 0 atom stereocenters. The zero-order valence-electron chi connectivity index (χ0n) is 21.5. The number of hydrogen-bond donors (Lipinski definition) is 1. The van der Waals surface area contributed by atoms with Gasteiger partial charge in [0, 0.05) is 16.3 Å². The molecule has 4 aromatic rings. The fourth-order valence-corrected chi connectivity index (χ4v) is 4.96. The zero-order chi connectivity index (χ0) is 25.5. The molecule has 2 aromatic carbocycles. The van der Waals surface area contributed by atoms with Crippen molar-refractivity contribution in [1.82, 2.24) is 4.98 Å². The Balaban J connectivity index is 1.67. The summed E-state index contributed by atoms with van der Waals surface area (Å²) < 4.78 is 18.2. The maximum Gasteiger partial charge on any atom is 0.336 e. The summed E-state index contributed by atoms with van der Waals surface area (Å²) in [6.07, 6.45) is 0. The number of carboxylic acid groups (broad SMARTS) is 1. The summed E-state index contributed by atoms with van der Waals surface area (Å²) in [4.78, 5) is 17.0. The average molecular weight is 492 g/mol. The number of aromatic carboxylic acids is 1. The van der Waals surface area contributed by atoms with E-state index in [1.807, 2.05) is 44.2 Å². The van der Waals surface area contributed by atoms with Crippen molar-refractivity contribution in [2.75, 3.05) is 13.2 Å². The smallest absolute Gasteiger partial charge is 0.336 e. The van der Waals surface area contributed by atoms with E-state index in [4.69, 9.17) is 18.6 Å². The molecule has 2 heterocycles. The standard InChI is InChI=1S/C28H33NO5Si/c1-17-14-19(32-12-13-33-35(6,7)28(3,4)5)15-21-22(27(30)31)16-23(29-25(17)21)26-18(2)20-10-8-9-11-24(20)34-26/h8-11,14-16H,12-13H2,1-7H3,(H,30,31). The minimum Gasteiger partial charge on any atom is -0.491 e. The summed E-state index contributed by atoms with van der Waals surface area (Å²) in [5.41, 5.74) is 3.80. The number of furan rings is 1. The second-order valence-corrected chi connectivity index (χ2v) is 15.3. The van der Waals surface area contributed by atoms with E-state index < -0.39 is 14.3 Å². The van der Waals surface area contributed by atoms with E-state index in [1.165, 1.54) is 0 Å². The number of rotatable bonds is 7. The SMILES string of the molecule is Cc1c(-c2cc(C(=O)O)c3cc(OCCO[Si](C)(C)C(C)(C)C)cc(C)c3n2)oc2ccccc12. The van der Waals surface area contributed by atoms with Gasteiger partial charge in [-0.2, -0.15) is 0 Å². The van der Waals surface area contributed by atoms with Crippen molar-refractivity contribution in [3.63, 3.8) is 0 Å². The summed E-state index contributed by atoms with van der Waals surface area (Å²) in [6.45, 7) is 15.8. The van der Waals surface area contributed by atoms with Gasteiger partial charge in [0.25, 0.3) is 0 Å². The van der Waals surface area contributed by atoms with Crippen LogP contribution in [0, 0.1) is 13.8 Å². The maximum atomic E-state index is 12.2. The van der Waals surface area contributed by atoms with E-state index in [-0.39, 0.29) is 10.6 Å². The van der Waals surface area contributed by atoms with E-state index in [0.29, 0.717) is 41.3 Å². The van der Waals surface area contributed by atoms with Gasteiger partial charge >= 0.3 is 5.97 Å². The lowest BCUT2D eigenvalue weighted by molar-refractivity contribution is 0.0699. The lowest BCUT2D eigenvalue weighted by Crippen LogP contribution is -2.41. The topological polar surface area (TPSA) is 81.8 Å². The molecule has 2 aromatic heterocycles. The number of carboxylic acids is 1. The summed E-state index contributed by atoms with van der Waals surface area (Å²) >= 11 is 0. The Morgan fingerprint density at radius 1 is 1.06 bits per heavy atom. The van der Waals surface area contributed by atoms with Gasteiger partial charge in [0.05, 0.1) is 17.7 Å². The Morgan fingerprint density at radius 2 is 1.77 bits per heavy atom. The molecule has 0 radical (unpaired) electrons. The highest BCUT2D eigenvalue weighted by Gasteiger charge is 2.36. The van der Waals surface area contributed by atoms with Gasteiger partial charge in [0.1, 0.15) is 23.6 Å². The highest BCUT2D eigenvalue weighted by atomic mass is 28.4. The highest BCUT2D eigenvalue weighted by molar-refractivity contribution is 6.74. The number of ether oxygens (including phenoxy) is 1. The van der Waals surface area contributed by atoms with Crippen LogP contribution in [0.15, 0.2) is 46.9 Å². The Labute approximate surface area is 207 Å². The van der Waals surface area contributed by atoms with Crippen molar-refractivity contribution in [3.05, 3.63) is 59.2 Å². The molecule has 0 unspecified atom stereocenters. The van der Waals surface area contributed by atoms with E-state index in [9.17, 15) is 9.90 Å². The number of aryl methyl sites for hydroxylation is 2.